The number of aromatic hydroxyl groups is 2. The molecule has 7 amide bonds. The molecule has 11 N–H and O–H groups in total. The minimum atomic E-state index is -1.10. The second-order valence-corrected chi connectivity index (χ2v) is 25.2. The molecule has 6 atom stereocenters. The largest absolute Gasteiger partial charge is 0.508 e. The lowest BCUT2D eigenvalue weighted by Crippen LogP contribution is -2.36. The Hall–Kier alpha value is -9.92. The van der Waals surface area contributed by atoms with Gasteiger partial charge in [-0.3, -0.25) is 24.0 Å². The summed E-state index contributed by atoms with van der Waals surface area (Å²) in [5.41, 5.74) is 9.86. The van der Waals surface area contributed by atoms with Gasteiger partial charge in [-0.15, -0.1) is 5.06 Å². The number of carbonyl (C=O) groups is 8. The van der Waals surface area contributed by atoms with Gasteiger partial charge in [-0.05, 0) is 97.5 Å². The topological polar surface area (TPSA) is 377 Å². The summed E-state index contributed by atoms with van der Waals surface area (Å²) in [5, 5.41) is 56.8. The number of hydrogen-bond donors (Lipinski definition) is 10. The van der Waals surface area contributed by atoms with Crippen LogP contribution >= 0.6 is 23.5 Å². The number of carboxylic acids is 2. The van der Waals surface area contributed by atoms with Crippen molar-refractivity contribution in [3.63, 3.8) is 0 Å². The van der Waals surface area contributed by atoms with Gasteiger partial charge in [0.05, 0.1) is 53.0 Å². The van der Waals surface area contributed by atoms with Gasteiger partial charge >= 0.3 is 30.0 Å². The van der Waals surface area contributed by atoms with E-state index in [0.29, 0.717) is 95.9 Å². The average molecular weight is 1290 g/mol. The number of amides is 7. The van der Waals surface area contributed by atoms with Crippen molar-refractivity contribution in [3.8, 4) is 56.4 Å². The fourth-order valence-electron chi connectivity index (χ4n) is 12.3. The number of nitrogens with zero attached hydrogens (tertiary/aromatic N) is 1. The second kappa shape index (κ2) is 27.7. The van der Waals surface area contributed by atoms with E-state index in [2.05, 4.69) is 26.6 Å². The number of thioether (sulfide) groups is 2. The number of hydroxylamine groups is 2. The van der Waals surface area contributed by atoms with Crippen LogP contribution < -0.4 is 43.2 Å². The number of hydrogen-bond acceptors (Lipinski definition) is 18. The maximum Gasteiger partial charge on any atom is 0.336 e. The molecule has 0 bridgehead atoms. The normalized spacial score (nSPS) is 19.5. The van der Waals surface area contributed by atoms with Gasteiger partial charge in [0, 0.05) is 99.4 Å². The highest BCUT2D eigenvalue weighted by molar-refractivity contribution is 8.00. The Bertz CT molecular complexity index is 4290. The van der Waals surface area contributed by atoms with Gasteiger partial charge in [0.15, 0.2) is 10.9 Å². The summed E-state index contributed by atoms with van der Waals surface area (Å²) in [7, 11) is 0. The van der Waals surface area contributed by atoms with E-state index in [9.17, 15) is 68.4 Å². The fraction of sp³-hybridized carbons (Fsp3) is 0.303. The molecular weight excluding hydrogens is 1230 g/mol. The van der Waals surface area contributed by atoms with E-state index in [4.69, 9.17) is 19.4 Å². The zero-order valence-electron chi connectivity index (χ0n) is 49.2. The van der Waals surface area contributed by atoms with Crippen LogP contribution in [0.4, 0.5) is 9.59 Å². The number of fused-ring (bicyclic) bond motifs is 6. The summed E-state index contributed by atoms with van der Waals surface area (Å²) in [6.45, 7) is -0.0436. The fourth-order valence-corrected chi connectivity index (χ4v) is 15.4. The molecule has 92 heavy (non-hydrogen) atoms. The van der Waals surface area contributed by atoms with Crippen molar-refractivity contribution in [2.24, 2.45) is 5.73 Å². The Labute approximate surface area is 532 Å². The molecule has 24 nitrogen and oxygen atoms in total. The molecule has 26 heteroatoms. The molecule has 2 aliphatic carbocycles. The number of urea groups is 2. The molecule has 6 unspecified atom stereocenters. The van der Waals surface area contributed by atoms with Crippen LogP contribution in [0, 0.1) is 0 Å². The molecule has 0 spiro atoms. The Morgan fingerprint density at radius 3 is 1.80 bits per heavy atom. The van der Waals surface area contributed by atoms with Crippen molar-refractivity contribution in [1.29, 1.82) is 0 Å². The van der Waals surface area contributed by atoms with E-state index in [1.807, 2.05) is 23.5 Å². The SMILES string of the molecule is NCc1c(O)ccc2c(-c3ccccc3C(=O)O)c3ccc(=O)cc-3oc12.O=C(CCCCC1SCC2NC(=O)NC21)NCc1c2oc3cc(O)ccc3c(-c3ccccc3C(=O)O)c-2ccc1=O.O=C1NC2CSC(CCCCC(=O)ON3C(=O)CCC3=O)C2N1. The average Bonchev–Trinajstić information content (AvgIpc) is 1.10. The molecule has 476 valence electrons. The summed E-state index contributed by atoms with van der Waals surface area (Å²) >= 11 is 3.67. The molecule has 4 aromatic carbocycles. The van der Waals surface area contributed by atoms with Gasteiger partial charge in [-0.1, -0.05) is 49.2 Å². The maximum atomic E-state index is 13.0. The van der Waals surface area contributed by atoms with Crippen molar-refractivity contribution in [1.82, 2.24) is 31.6 Å². The minimum absolute atomic E-state index is 0.0231. The lowest BCUT2D eigenvalue weighted by Gasteiger charge is -2.19. The first-order chi connectivity index (χ1) is 44.3. The Morgan fingerprint density at radius 1 is 0.620 bits per heavy atom. The third-order valence-corrected chi connectivity index (χ3v) is 19.7. The molecule has 7 heterocycles. The summed E-state index contributed by atoms with van der Waals surface area (Å²) in [6.07, 6.45) is 5.44. The lowest BCUT2D eigenvalue weighted by molar-refractivity contribution is -0.197. The molecule has 0 radical (unpaired) electrons. The van der Waals surface area contributed by atoms with E-state index in [1.54, 1.807) is 60.7 Å². The molecule has 13 rings (SSSR count). The van der Waals surface area contributed by atoms with Crippen LogP contribution in [0.3, 0.4) is 0 Å². The Kier molecular flexibility index (Phi) is 19.1. The molecular formula is C66H63N7O17S2. The first-order valence-corrected chi connectivity index (χ1v) is 31.9. The van der Waals surface area contributed by atoms with E-state index >= 15 is 0 Å². The third kappa shape index (κ3) is 13.6. The maximum absolute atomic E-state index is 13.0. The Morgan fingerprint density at radius 2 is 1.20 bits per heavy atom. The van der Waals surface area contributed by atoms with Gasteiger partial charge in [0.2, 0.25) is 5.91 Å². The number of carboxylic acid groups (broad SMARTS) is 2. The van der Waals surface area contributed by atoms with Crippen LogP contribution in [0.25, 0.3) is 66.8 Å². The smallest absolute Gasteiger partial charge is 0.336 e. The number of imide groups is 1. The van der Waals surface area contributed by atoms with E-state index in [1.165, 1.54) is 48.5 Å². The number of phenols is 2. The standard InChI is InChI=1S/C31H29N3O7S.C21H15NO5.C14H19N3O5S/c35-16-9-10-19-24(13-16)41-29-20(27(19)17-5-1-2-6-18(17)30(38)39)11-12-23(36)21(29)14-32-26(37)8-4-3-7-25-28-22(15-42-25)33-31(40)34-28;22-10-16-17(24)8-7-15-19(12-3-1-2-4-13(12)21(25)26)14-6-5-11(23)9-18(14)27-20(15)16;18-10-5-6-11(19)17(10)22-12(20)4-2-1-3-9-13-8(7-23-9)15-14(21)16-13/h1-2,5-6,9-13,22,25,28,35H,3-4,7-8,14-15H2,(H,32,37)(H,38,39)(H2,33,34,40);1-9,24H,10,22H2,(H,25,26);8-9,13H,1-7H2,(H2,15,16,21). The summed E-state index contributed by atoms with van der Waals surface area (Å²) in [6, 6.07) is 28.7. The van der Waals surface area contributed by atoms with Crippen molar-refractivity contribution < 1.29 is 72.5 Å². The number of carbonyl (C=O) groups excluding carboxylic acids is 6. The molecule has 0 aromatic heterocycles. The lowest BCUT2D eigenvalue weighted by atomic mass is 9.89. The third-order valence-electron chi connectivity index (χ3n) is 16.7. The molecule has 5 fully saturated rings. The zero-order valence-corrected chi connectivity index (χ0v) is 50.8. The number of benzene rings is 6. The number of nitrogens with one attached hydrogen (secondary N) is 5. The van der Waals surface area contributed by atoms with Crippen LogP contribution in [0.2, 0.25) is 0 Å². The van der Waals surface area contributed by atoms with Crippen LogP contribution in [0.15, 0.2) is 128 Å². The number of nitrogens with two attached hydrogens (primary N) is 1. The van der Waals surface area contributed by atoms with Gasteiger partial charge < -0.3 is 66.4 Å². The van der Waals surface area contributed by atoms with E-state index < -0.39 is 29.7 Å². The second-order valence-electron chi connectivity index (χ2n) is 22.6. The van der Waals surface area contributed by atoms with Crippen LogP contribution in [0.1, 0.15) is 96.1 Å². The highest BCUT2D eigenvalue weighted by atomic mass is 32.2. The minimum Gasteiger partial charge on any atom is -0.508 e. The monoisotopic (exact) mass is 1290 g/mol. The number of aromatic carboxylic acids is 2. The molecule has 5 saturated heterocycles. The zero-order chi connectivity index (χ0) is 64.9. The highest BCUT2D eigenvalue weighted by Crippen LogP contribution is 2.45. The summed E-state index contributed by atoms with van der Waals surface area (Å²) in [4.78, 5) is 123. The van der Waals surface area contributed by atoms with Crippen molar-refractivity contribution >= 4 is 93.2 Å². The predicted molar refractivity (Wildman–Crippen MR) is 341 cm³/mol. The van der Waals surface area contributed by atoms with E-state index in [0.717, 1.165) is 37.2 Å². The quantitative estimate of drug-likeness (QED) is 0.0168. The summed E-state index contributed by atoms with van der Waals surface area (Å²) in [5.74, 6) is -1.59. The van der Waals surface area contributed by atoms with Crippen molar-refractivity contribution in [2.45, 2.75) is 112 Å². The van der Waals surface area contributed by atoms with Crippen LogP contribution in [-0.4, -0.2) is 119 Å². The van der Waals surface area contributed by atoms with Gasteiger partial charge in [-0.2, -0.15) is 23.5 Å². The predicted octanol–water partition coefficient (Wildman–Crippen LogP) is 8.06. The van der Waals surface area contributed by atoms with E-state index in [-0.39, 0.29) is 125 Å². The van der Waals surface area contributed by atoms with Gasteiger partial charge in [-0.25, -0.2) is 24.0 Å². The number of rotatable bonds is 18. The van der Waals surface area contributed by atoms with Crippen LogP contribution in [-0.2, 0) is 37.1 Å². The van der Waals surface area contributed by atoms with Crippen molar-refractivity contribution in [3.05, 3.63) is 152 Å². The highest BCUT2D eigenvalue weighted by Gasteiger charge is 2.44. The summed E-state index contributed by atoms with van der Waals surface area (Å²) < 4.78 is 12.0. The molecule has 0 saturated carbocycles. The van der Waals surface area contributed by atoms with Crippen molar-refractivity contribution in [2.75, 3.05) is 11.5 Å². The number of phenolic OH excluding ortho intramolecular Hbond substituents is 2. The molecule has 9 aliphatic rings. The first kappa shape index (κ1) is 63.6. The molecule has 7 aliphatic heterocycles. The van der Waals surface area contributed by atoms with Crippen LogP contribution in [0.5, 0.6) is 11.5 Å². The molecule has 4 aromatic rings. The number of unbranched alkanes of at least 4 members (excludes halogenated alkanes) is 2. The Balaban J connectivity index is 0.000000150. The van der Waals surface area contributed by atoms with Gasteiger partial charge in [0.1, 0.15) is 34.2 Å². The first-order valence-electron chi connectivity index (χ1n) is 29.8. The van der Waals surface area contributed by atoms with Gasteiger partial charge in [0.25, 0.3) is 11.8 Å².